The summed E-state index contributed by atoms with van der Waals surface area (Å²) in [5.41, 5.74) is 3.72. The zero-order valence-corrected chi connectivity index (χ0v) is 18.1. The van der Waals surface area contributed by atoms with E-state index in [-0.39, 0.29) is 11.8 Å². The zero-order chi connectivity index (χ0) is 22.4. The van der Waals surface area contributed by atoms with Crippen LogP contribution in [0.4, 0.5) is 10.9 Å². The molecule has 33 heavy (non-hydrogen) atoms. The van der Waals surface area contributed by atoms with E-state index < -0.39 is 0 Å². The molecule has 0 unspecified atom stereocenters. The first kappa shape index (κ1) is 19.7. The standard InChI is InChI=1S/C22H17N7O3S/c30-20-15-2-1-13(9-14(15)10-25-20)16-11-24-18(19-23-3-4-29(16)19)27-22-26-12-17(33-22)21(31)28-5-7-32-8-6-28/h1-4,9-12H,5-8H2,(H,24,26,27). The number of aromatic nitrogens is 4. The summed E-state index contributed by atoms with van der Waals surface area (Å²) in [6, 6.07) is 5.56. The molecule has 2 amide bonds. The second-order valence-corrected chi connectivity index (χ2v) is 8.57. The maximum absolute atomic E-state index is 12.7. The summed E-state index contributed by atoms with van der Waals surface area (Å²) >= 11 is 1.28. The van der Waals surface area contributed by atoms with Gasteiger partial charge in [0.1, 0.15) is 4.88 Å². The van der Waals surface area contributed by atoms with E-state index in [1.807, 2.05) is 22.7 Å². The van der Waals surface area contributed by atoms with Gasteiger partial charge in [-0.15, -0.1) is 0 Å². The fourth-order valence-corrected chi connectivity index (χ4v) is 4.68. The average molecular weight is 459 g/mol. The maximum atomic E-state index is 12.7. The van der Waals surface area contributed by atoms with Gasteiger partial charge >= 0.3 is 0 Å². The molecule has 11 heteroatoms. The van der Waals surface area contributed by atoms with Crippen molar-refractivity contribution in [1.29, 1.82) is 0 Å². The number of anilines is 2. The van der Waals surface area contributed by atoms with Crippen molar-refractivity contribution in [3.8, 4) is 11.3 Å². The Balaban J connectivity index is 1.28. The van der Waals surface area contributed by atoms with Crippen molar-refractivity contribution in [3.63, 3.8) is 0 Å². The van der Waals surface area contributed by atoms with Crippen LogP contribution in [0, 0.1) is 0 Å². The predicted molar refractivity (Wildman–Crippen MR) is 122 cm³/mol. The van der Waals surface area contributed by atoms with E-state index in [1.54, 1.807) is 35.8 Å². The predicted octanol–water partition coefficient (Wildman–Crippen LogP) is 2.64. The smallest absolute Gasteiger partial charge is 0.277 e. The first-order valence-corrected chi connectivity index (χ1v) is 11.1. The van der Waals surface area contributed by atoms with Gasteiger partial charge in [-0.3, -0.25) is 14.0 Å². The fraction of sp³-hybridized carbons (Fsp3) is 0.182. The molecule has 2 aliphatic rings. The molecule has 2 aliphatic heterocycles. The highest BCUT2D eigenvalue weighted by atomic mass is 32.1. The van der Waals surface area contributed by atoms with Crippen LogP contribution in [0.2, 0.25) is 0 Å². The van der Waals surface area contributed by atoms with E-state index in [0.29, 0.717) is 53.3 Å². The Morgan fingerprint density at radius 1 is 1.12 bits per heavy atom. The Kier molecular flexibility index (Phi) is 4.70. The van der Waals surface area contributed by atoms with Gasteiger partial charge in [-0.1, -0.05) is 17.4 Å². The fourth-order valence-electron chi connectivity index (χ4n) is 3.90. The Morgan fingerprint density at radius 2 is 2.00 bits per heavy atom. The van der Waals surface area contributed by atoms with Gasteiger partial charge in [0.15, 0.2) is 16.6 Å². The van der Waals surface area contributed by atoms with Gasteiger partial charge in [0.25, 0.3) is 11.8 Å². The van der Waals surface area contributed by atoms with Crippen molar-refractivity contribution in [3.05, 3.63) is 59.0 Å². The molecule has 0 atom stereocenters. The molecule has 10 nitrogen and oxygen atoms in total. The van der Waals surface area contributed by atoms with Crippen LogP contribution in [0.3, 0.4) is 0 Å². The largest absolute Gasteiger partial charge is 0.378 e. The number of nitrogens with one attached hydrogen (secondary N) is 1. The van der Waals surface area contributed by atoms with Crippen molar-refractivity contribution in [1.82, 2.24) is 24.3 Å². The van der Waals surface area contributed by atoms with Gasteiger partial charge in [-0.05, 0) is 12.1 Å². The van der Waals surface area contributed by atoms with Gasteiger partial charge in [-0.25, -0.2) is 19.9 Å². The van der Waals surface area contributed by atoms with Crippen LogP contribution >= 0.6 is 11.3 Å². The summed E-state index contributed by atoms with van der Waals surface area (Å²) in [4.78, 5) is 44.0. The van der Waals surface area contributed by atoms with Crippen molar-refractivity contribution < 1.29 is 14.3 Å². The third-order valence-corrected chi connectivity index (χ3v) is 6.47. The molecule has 1 fully saturated rings. The number of nitrogens with zero attached hydrogens (tertiary/aromatic N) is 6. The molecule has 0 radical (unpaired) electrons. The van der Waals surface area contributed by atoms with Crippen molar-refractivity contribution in [2.75, 3.05) is 31.6 Å². The van der Waals surface area contributed by atoms with Crippen LogP contribution < -0.4 is 5.32 Å². The van der Waals surface area contributed by atoms with Crippen molar-refractivity contribution in [2.24, 2.45) is 4.99 Å². The minimum Gasteiger partial charge on any atom is -0.378 e. The molecular weight excluding hydrogens is 442 g/mol. The number of benzene rings is 1. The van der Waals surface area contributed by atoms with Crippen LogP contribution in [0.1, 0.15) is 25.6 Å². The molecule has 3 aromatic heterocycles. The Bertz CT molecular complexity index is 1440. The van der Waals surface area contributed by atoms with Crippen molar-refractivity contribution in [2.45, 2.75) is 0 Å². The second kappa shape index (κ2) is 7.87. The second-order valence-electron chi connectivity index (χ2n) is 7.54. The Morgan fingerprint density at radius 3 is 2.88 bits per heavy atom. The lowest BCUT2D eigenvalue weighted by atomic mass is 10.0. The van der Waals surface area contributed by atoms with Crippen LogP contribution in [-0.2, 0) is 4.74 Å². The van der Waals surface area contributed by atoms with Crippen LogP contribution in [0.15, 0.2) is 48.0 Å². The first-order chi connectivity index (χ1) is 16.2. The molecule has 164 valence electrons. The lowest BCUT2D eigenvalue weighted by Gasteiger charge is -2.26. The highest BCUT2D eigenvalue weighted by molar-refractivity contribution is 7.17. The molecular formula is C22H17N7O3S. The lowest BCUT2D eigenvalue weighted by molar-refractivity contribution is 0.0306. The zero-order valence-electron chi connectivity index (χ0n) is 17.3. The van der Waals surface area contributed by atoms with E-state index in [0.717, 1.165) is 16.8 Å². The van der Waals surface area contributed by atoms with Crippen LogP contribution in [-0.4, -0.2) is 68.6 Å². The van der Waals surface area contributed by atoms with Gasteiger partial charge in [-0.2, -0.15) is 0 Å². The van der Waals surface area contributed by atoms with E-state index in [9.17, 15) is 9.59 Å². The minimum absolute atomic E-state index is 0.0447. The third-order valence-electron chi connectivity index (χ3n) is 5.57. The first-order valence-electron chi connectivity index (χ1n) is 10.3. The number of rotatable bonds is 4. The molecule has 0 bridgehead atoms. The number of imidazole rings is 1. The number of hydrogen-bond acceptors (Lipinski definition) is 8. The molecule has 0 saturated carbocycles. The number of amides is 2. The number of fused-ring (bicyclic) bond motifs is 2. The molecule has 0 spiro atoms. The number of aliphatic imine (C=N–C) groups is 1. The minimum atomic E-state index is -0.225. The summed E-state index contributed by atoms with van der Waals surface area (Å²) in [6.45, 7) is 2.27. The Labute approximate surface area is 191 Å². The van der Waals surface area contributed by atoms with Gasteiger partial charge in [0, 0.05) is 42.8 Å². The molecule has 6 rings (SSSR count). The quantitative estimate of drug-likeness (QED) is 0.499. The highest BCUT2D eigenvalue weighted by Crippen LogP contribution is 2.29. The molecule has 5 heterocycles. The molecule has 1 aromatic carbocycles. The van der Waals surface area contributed by atoms with Gasteiger partial charge in [0.2, 0.25) is 0 Å². The number of thiazole rings is 1. The molecule has 4 aromatic rings. The normalized spacial score (nSPS) is 15.3. The summed E-state index contributed by atoms with van der Waals surface area (Å²) in [5.74, 6) is 0.259. The van der Waals surface area contributed by atoms with Gasteiger partial charge in [0.05, 0.1) is 36.9 Å². The average Bonchev–Trinajstić information content (AvgIpc) is 3.60. The van der Waals surface area contributed by atoms with E-state index >= 15 is 0 Å². The van der Waals surface area contributed by atoms with Crippen LogP contribution in [0.25, 0.3) is 16.9 Å². The number of ether oxygens (including phenoxy) is 1. The van der Waals surface area contributed by atoms with Crippen LogP contribution in [0.5, 0.6) is 0 Å². The third kappa shape index (κ3) is 3.47. The van der Waals surface area contributed by atoms with Crippen molar-refractivity contribution >= 4 is 46.0 Å². The molecule has 1 N–H and O–H groups in total. The number of carbonyl (C=O) groups is 2. The number of morpholine rings is 1. The summed E-state index contributed by atoms with van der Waals surface area (Å²) in [7, 11) is 0. The highest BCUT2D eigenvalue weighted by Gasteiger charge is 2.22. The lowest BCUT2D eigenvalue weighted by Crippen LogP contribution is -2.40. The topological polar surface area (TPSA) is 114 Å². The molecule has 1 saturated heterocycles. The van der Waals surface area contributed by atoms with E-state index in [2.05, 4.69) is 25.3 Å². The number of hydrogen-bond donors (Lipinski definition) is 1. The Hall–Kier alpha value is -3.96. The summed E-state index contributed by atoms with van der Waals surface area (Å²) in [6.07, 6.45) is 8.43. The summed E-state index contributed by atoms with van der Waals surface area (Å²) < 4.78 is 7.23. The monoisotopic (exact) mass is 459 g/mol. The SMILES string of the molecule is O=C1N=Cc2cc(-c3cnc(Nc4ncc(C(=O)N5CCOCC5)s4)c4nccn34)ccc21. The molecule has 0 aliphatic carbocycles. The summed E-state index contributed by atoms with van der Waals surface area (Å²) in [5, 5.41) is 3.75. The van der Waals surface area contributed by atoms with E-state index in [1.165, 1.54) is 11.3 Å². The maximum Gasteiger partial charge on any atom is 0.277 e. The van der Waals surface area contributed by atoms with Gasteiger partial charge < -0.3 is 15.0 Å². The number of carbonyl (C=O) groups excluding carboxylic acids is 2. The van der Waals surface area contributed by atoms with E-state index in [4.69, 9.17) is 4.74 Å².